The predicted molar refractivity (Wildman–Crippen MR) is 276 cm³/mol. The lowest BCUT2D eigenvalue weighted by Crippen LogP contribution is -2.38. The molecule has 6 rings (SSSR count). The van der Waals surface area contributed by atoms with Crippen molar-refractivity contribution >= 4 is 62.0 Å². The van der Waals surface area contributed by atoms with Crippen LogP contribution in [0.4, 0.5) is 5.82 Å². The smallest absolute Gasteiger partial charge is 0.224 e. The van der Waals surface area contributed by atoms with Crippen LogP contribution in [0.5, 0.6) is 0 Å². The molecule has 2 aliphatic rings. The van der Waals surface area contributed by atoms with Crippen LogP contribution in [0, 0.1) is 17.8 Å². The molecular formula is C51H76N8O10S2. The fourth-order valence-corrected chi connectivity index (χ4v) is 9.98. The Hall–Kier alpha value is -4.01. The van der Waals surface area contributed by atoms with Gasteiger partial charge in [0, 0.05) is 75.9 Å². The molecule has 0 aromatic carbocycles. The SMILES string of the molecule is CCCCc1nc2c(N)nc3cc(C4CCN(C(=O)CCOCCOCCOCCOCCOCCOCCOCCNC(=O)CCCC#Cc5cnc(SC)nc5)CC4)sc3c2n1CC1CCOCC1. The van der Waals surface area contributed by atoms with Gasteiger partial charge in [-0.3, -0.25) is 9.59 Å². The number of anilines is 1. The largest absolute Gasteiger partial charge is 0.382 e. The number of fused-ring (bicyclic) bond motifs is 3. The zero-order valence-corrected chi connectivity index (χ0v) is 43.6. The van der Waals surface area contributed by atoms with E-state index in [4.69, 9.17) is 53.6 Å². The maximum atomic E-state index is 13.1. The minimum atomic E-state index is -0.0138. The lowest BCUT2D eigenvalue weighted by atomic mass is 9.95. The van der Waals surface area contributed by atoms with Crippen LogP contribution in [-0.2, 0) is 60.4 Å². The van der Waals surface area contributed by atoms with Crippen molar-refractivity contribution in [1.82, 2.24) is 34.7 Å². The van der Waals surface area contributed by atoms with E-state index < -0.39 is 0 Å². The summed E-state index contributed by atoms with van der Waals surface area (Å²) >= 11 is 3.32. The molecule has 0 bridgehead atoms. The minimum Gasteiger partial charge on any atom is -0.382 e. The summed E-state index contributed by atoms with van der Waals surface area (Å²) < 4.78 is 48.3. The Morgan fingerprint density at radius 2 is 1.42 bits per heavy atom. The standard InChI is InChI=1S/C51H76N8O10S2/c1-3-4-9-44-57-47-48(59(44)38-39-13-19-62-20-14-39)49-42(56-50(47)52)35-43(71-49)41-11-17-58(18-12-41)46(61)15-21-63-23-25-65-27-29-67-31-33-69-34-32-68-30-28-66-26-24-64-22-16-53-45(60)10-7-5-6-8-40-36-54-51(70-2)55-37-40/h35-37,39,41H,3-5,7,9-34,38H2,1-2H3,(H2,52,56)(H,53,60). The van der Waals surface area contributed by atoms with Crippen LogP contribution in [-0.4, -0.2) is 173 Å². The molecule has 71 heavy (non-hydrogen) atoms. The second-order valence-electron chi connectivity index (χ2n) is 17.5. The highest BCUT2D eigenvalue weighted by atomic mass is 32.2. The molecular weight excluding hydrogens is 949 g/mol. The number of nitrogens with two attached hydrogens (primary N) is 1. The average Bonchev–Trinajstić information content (AvgIpc) is 3.98. The minimum absolute atomic E-state index is 0.0138. The van der Waals surface area contributed by atoms with Crippen molar-refractivity contribution in [3.8, 4) is 11.8 Å². The number of carbonyl (C=O) groups excluding carboxylic acids is 2. The summed E-state index contributed by atoms with van der Waals surface area (Å²) in [6.45, 7) is 13.0. The molecule has 0 spiro atoms. The number of ether oxygens (including phenoxy) is 8. The third-order valence-electron chi connectivity index (χ3n) is 12.3. The second kappa shape index (κ2) is 32.9. The molecule has 2 fully saturated rings. The van der Waals surface area contributed by atoms with Gasteiger partial charge in [0.15, 0.2) is 11.0 Å². The Morgan fingerprint density at radius 3 is 2.03 bits per heavy atom. The van der Waals surface area contributed by atoms with Gasteiger partial charge >= 0.3 is 0 Å². The van der Waals surface area contributed by atoms with E-state index in [0.717, 1.165) is 111 Å². The Labute approximate surface area is 427 Å². The summed E-state index contributed by atoms with van der Waals surface area (Å²) in [5.74, 6) is 8.76. The van der Waals surface area contributed by atoms with Crippen molar-refractivity contribution in [1.29, 1.82) is 0 Å². The van der Waals surface area contributed by atoms with Crippen LogP contribution in [0.15, 0.2) is 23.6 Å². The number of nitrogens with one attached hydrogen (secondary N) is 1. The fourth-order valence-electron chi connectivity index (χ4n) is 8.35. The third kappa shape index (κ3) is 19.7. The predicted octanol–water partition coefficient (Wildman–Crippen LogP) is 6.06. The van der Waals surface area contributed by atoms with Gasteiger partial charge in [0.05, 0.1) is 120 Å². The summed E-state index contributed by atoms with van der Waals surface area (Å²) in [4.78, 5) is 46.6. The molecule has 0 radical (unpaired) electrons. The molecule has 0 aliphatic carbocycles. The average molecular weight is 1030 g/mol. The van der Waals surface area contributed by atoms with Crippen molar-refractivity contribution in [2.24, 2.45) is 5.92 Å². The number of rotatable bonds is 34. The number of hydrogen-bond donors (Lipinski definition) is 2. The summed E-state index contributed by atoms with van der Waals surface area (Å²) in [6, 6.07) is 2.23. The first-order valence-electron chi connectivity index (χ1n) is 25.5. The highest BCUT2D eigenvalue weighted by Crippen LogP contribution is 2.41. The summed E-state index contributed by atoms with van der Waals surface area (Å²) in [5.41, 5.74) is 10.3. The van der Waals surface area contributed by atoms with E-state index in [1.807, 2.05) is 22.5 Å². The van der Waals surface area contributed by atoms with Crippen molar-refractivity contribution in [3.63, 3.8) is 0 Å². The lowest BCUT2D eigenvalue weighted by Gasteiger charge is -2.31. The van der Waals surface area contributed by atoms with E-state index in [1.165, 1.54) is 21.3 Å². The Bertz CT molecular complexity index is 2220. The molecule has 2 aliphatic heterocycles. The van der Waals surface area contributed by atoms with Crippen molar-refractivity contribution in [2.75, 3.05) is 137 Å². The third-order valence-corrected chi connectivity index (χ3v) is 14.1. The van der Waals surface area contributed by atoms with E-state index in [2.05, 4.69) is 44.7 Å². The molecule has 0 atom stereocenters. The number of nitrogens with zero attached hydrogens (tertiary/aromatic N) is 6. The number of thiophene rings is 1. The van der Waals surface area contributed by atoms with E-state index in [9.17, 15) is 9.59 Å². The van der Waals surface area contributed by atoms with Gasteiger partial charge in [0.1, 0.15) is 11.3 Å². The monoisotopic (exact) mass is 1020 g/mol. The number of imidazole rings is 1. The first-order valence-corrected chi connectivity index (χ1v) is 27.6. The zero-order chi connectivity index (χ0) is 49.7. The number of carbonyl (C=O) groups is 2. The molecule has 4 aromatic heterocycles. The number of likely N-dealkylation sites (tertiary alicyclic amines) is 1. The van der Waals surface area contributed by atoms with Crippen LogP contribution in [0.2, 0.25) is 0 Å². The van der Waals surface area contributed by atoms with Crippen molar-refractivity contribution in [3.05, 3.63) is 34.7 Å². The number of piperidine rings is 1. The molecule has 392 valence electrons. The maximum absolute atomic E-state index is 13.1. The van der Waals surface area contributed by atoms with Crippen LogP contribution >= 0.6 is 23.1 Å². The van der Waals surface area contributed by atoms with Crippen LogP contribution in [0.25, 0.3) is 21.3 Å². The summed E-state index contributed by atoms with van der Waals surface area (Å²) in [5, 5.41) is 3.57. The van der Waals surface area contributed by atoms with Crippen LogP contribution in [0.3, 0.4) is 0 Å². The number of amides is 2. The molecule has 2 saturated heterocycles. The van der Waals surface area contributed by atoms with E-state index in [1.54, 1.807) is 12.4 Å². The number of thioether (sulfide) groups is 1. The van der Waals surface area contributed by atoms with Gasteiger partial charge in [0.25, 0.3) is 0 Å². The number of hydrogen-bond acceptors (Lipinski definition) is 17. The van der Waals surface area contributed by atoms with E-state index >= 15 is 0 Å². The topological polar surface area (TPSA) is 206 Å². The van der Waals surface area contributed by atoms with Gasteiger partial charge in [-0.1, -0.05) is 36.9 Å². The van der Waals surface area contributed by atoms with E-state index in [0.29, 0.717) is 142 Å². The molecule has 3 N–H and O–H groups in total. The number of pyridine rings is 1. The number of unbranched alkanes of at least 4 members (excludes halogenated alkanes) is 2. The fraction of sp³-hybridized carbons (Fsp3) is 0.686. The Morgan fingerprint density at radius 1 is 0.817 bits per heavy atom. The number of nitrogen functional groups attached to an aromatic ring is 1. The molecule has 0 unspecified atom stereocenters. The van der Waals surface area contributed by atoms with Crippen LogP contribution in [0.1, 0.15) is 93.3 Å². The number of aryl methyl sites for hydroxylation is 1. The van der Waals surface area contributed by atoms with Gasteiger partial charge in [-0.2, -0.15) is 0 Å². The highest BCUT2D eigenvalue weighted by Gasteiger charge is 2.27. The maximum Gasteiger partial charge on any atom is 0.224 e. The summed E-state index contributed by atoms with van der Waals surface area (Å²) in [7, 11) is 0. The van der Waals surface area contributed by atoms with Crippen molar-refractivity contribution < 1.29 is 47.5 Å². The Balaban J connectivity index is 0.695. The van der Waals surface area contributed by atoms with Crippen LogP contribution < -0.4 is 11.1 Å². The first-order chi connectivity index (χ1) is 34.9. The number of aromatic nitrogens is 5. The molecule has 2 amide bonds. The Kier molecular flexibility index (Phi) is 26.1. The van der Waals surface area contributed by atoms with Gasteiger partial charge in [-0.15, -0.1) is 11.3 Å². The normalized spacial score (nSPS) is 14.6. The highest BCUT2D eigenvalue weighted by molar-refractivity contribution is 7.98. The van der Waals surface area contributed by atoms with Gasteiger partial charge < -0.3 is 58.4 Å². The molecule has 20 heteroatoms. The second-order valence-corrected chi connectivity index (χ2v) is 19.4. The van der Waals surface area contributed by atoms with Crippen molar-refractivity contribution in [2.45, 2.75) is 95.2 Å². The zero-order valence-electron chi connectivity index (χ0n) is 42.0. The van der Waals surface area contributed by atoms with E-state index in [-0.39, 0.29) is 11.8 Å². The first kappa shape index (κ1) is 56.3. The quantitative estimate of drug-likeness (QED) is 0.0236. The summed E-state index contributed by atoms with van der Waals surface area (Å²) in [6.07, 6.45) is 14.6. The van der Waals surface area contributed by atoms with Gasteiger partial charge in [0.2, 0.25) is 11.8 Å². The molecule has 4 aromatic rings. The molecule has 18 nitrogen and oxygen atoms in total. The molecule has 6 heterocycles. The van der Waals surface area contributed by atoms with Gasteiger partial charge in [-0.05, 0) is 62.7 Å². The molecule has 0 saturated carbocycles. The van der Waals surface area contributed by atoms with Gasteiger partial charge in [-0.25, -0.2) is 19.9 Å². The lowest BCUT2D eigenvalue weighted by molar-refractivity contribution is -0.133.